The molecule has 0 saturated heterocycles. The molecule has 0 aliphatic rings. The van der Waals surface area contributed by atoms with Crippen molar-refractivity contribution in [2.45, 2.75) is 6.54 Å². The number of rotatable bonds is 4. The first-order chi connectivity index (χ1) is 9.47. The number of halogens is 3. The minimum Gasteiger partial charge on any atom is -0.380 e. The van der Waals surface area contributed by atoms with Crippen LogP contribution in [-0.4, -0.2) is 4.92 Å². The molecule has 0 heterocycles. The van der Waals surface area contributed by atoms with E-state index in [2.05, 4.69) is 37.2 Å². The summed E-state index contributed by atoms with van der Waals surface area (Å²) in [6.07, 6.45) is 0. The zero-order valence-corrected chi connectivity index (χ0v) is 14.0. The minimum atomic E-state index is -0.430. The lowest BCUT2D eigenvalue weighted by Crippen LogP contribution is -2.01. The fourth-order valence-corrected chi connectivity index (χ4v) is 2.86. The molecule has 2 aromatic carbocycles. The third kappa shape index (κ3) is 3.71. The highest BCUT2D eigenvalue weighted by Crippen LogP contribution is 2.28. The van der Waals surface area contributed by atoms with Gasteiger partial charge in [0.25, 0.3) is 5.69 Å². The number of non-ortho nitro benzene ring substituents is 1. The van der Waals surface area contributed by atoms with Gasteiger partial charge in [0.05, 0.1) is 4.92 Å². The summed E-state index contributed by atoms with van der Waals surface area (Å²) >= 11 is 12.8. The maximum atomic E-state index is 10.7. The topological polar surface area (TPSA) is 55.2 Å². The molecule has 4 nitrogen and oxygen atoms in total. The number of anilines is 1. The Balaban J connectivity index is 2.13. The summed E-state index contributed by atoms with van der Waals surface area (Å²) in [6, 6.07) is 10.2. The number of nitro groups is 1. The predicted molar refractivity (Wildman–Crippen MR) is 87.3 cm³/mol. The number of hydrogen-bond donors (Lipinski definition) is 1. The van der Waals surface area contributed by atoms with Gasteiger partial charge < -0.3 is 5.32 Å². The van der Waals surface area contributed by atoms with E-state index in [1.807, 2.05) is 18.2 Å². The van der Waals surface area contributed by atoms with Gasteiger partial charge in [-0.05, 0) is 39.7 Å². The second-order valence-corrected chi connectivity index (χ2v) is 6.19. The van der Waals surface area contributed by atoms with Gasteiger partial charge >= 0.3 is 0 Å². The van der Waals surface area contributed by atoms with Crippen LogP contribution in [-0.2, 0) is 6.54 Å². The Bertz CT molecular complexity index is 665. The van der Waals surface area contributed by atoms with Crippen molar-refractivity contribution < 1.29 is 4.92 Å². The summed E-state index contributed by atoms with van der Waals surface area (Å²) < 4.78 is 1.56. The minimum absolute atomic E-state index is 0.0455. The van der Waals surface area contributed by atoms with Crippen LogP contribution in [0.2, 0.25) is 5.02 Å². The van der Waals surface area contributed by atoms with E-state index in [1.165, 1.54) is 12.1 Å². The summed E-state index contributed by atoms with van der Waals surface area (Å²) in [6.45, 7) is 0.530. The number of nitrogens with zero attached hydrogens (tertiary/aromatic N) is 1. The van der Waals surface area contributed by atoms with Gasteiger partial charge in [0, 0.05) is 38.3 Å². The Kier molecular flexibility index (Phi) is 5.01. The van der Waals surface area contributed by atoms with Crippen molar-refractivity contribution in [2.75, 3.05) is 5.32 Å². The van der Waals surface area contributed by atoms with E-state index in [4.69, 9.17) is 11.6 Å². The van der Waals surface area contributed by atoms with Crippen molar-refractivity contribution in [3.8, 4) is 0 Å². The van der Waals surface area contributed by atoms with Crippen LogP contribution in [0.3, 0.4) is 0 Å². The van der Waals surface area contributed by atoms with E-state index in [9.17, 15) is 10.1 Å². The van der Waals surface area contributed by atoms with Gasteiger partial charge in [-0.3, -0.25) is 10.1 Å². The van der Waals surface area contributed by atoms with Gasteiger partial charge in [0.1, 0.15) is 0 Å². The smallest absolute Gasteiger partial charge is 0.270 e. The number of nitro benzene ring substituents is 1. The van der Waals surface area contributed by atoms with Crippen LogP contribution in [0.25, 0.3) is 0 Å². The van der Waals surface area contributed by atoms with Crippen molar-refractivity contribution in [1.29, 1.82) is 0 Å². The zero-order chi connectivity index (χ0) is 14.7. The van der Waals surface area contributed by atoms with E-state index in [-0.39, 0.29) is 5.69 Å². The second-order valence-electron chi connectivity index (χ2n) is 4.01. The Morgan fingerprint density at radius 3 is 2.55 bits per heavy atom. The summed E-state index contributed by atoms with van der Waals surface area (Å²) in [7, 11) is 0. The number of nitrogens with one attached hydrogen (secondary N) is 1. The van der Waals surface area contributed by atoms with Gasteiger partial charge in [0.15, 0.2) is 0 Å². The maximum Gasteiger partial charge on any atom is 0.270 e. The summed E-state index contributed by atoms with van der Waals surface area (Å²) in [5.74, 6) is 0. The maximum absolute atomic E-state index is 10.7. The van der Waals surface area contributed by atoms with Crippen molar-refractivity contribution in [2.24, 2.45) is 0 Å². The Hall–Kier alpha value is -1.11. The molecule has 0 spiro atoms. The Morgan fingerprint density at radius 1 is 1.20 bits per heavy atom. The van der Waals surface area contributed by atoms with Crippen LogP contribution in [0.4, 0.5) is 11.4 Å². The van der Waals surface area contributed by atoms with Crippen molar-refractivity contribution in [3.05, 3.63) is 66.0 Å². The fourth-order valence-electron chi connectivity index (χ4n) is 1.62. The monoisotopic (exact) mass is 418 g/mol. The van der Waals surface area contributed by atoms with E-state index in [0.717, 1.165) is 15.7 Å². The molecule has 0 bridgehead atoms. The van der Waals surface area contributed by atoms with Crippen LogP contribution < -0.4 is 5.32 Å². The highest BCUT2D eigenvalue weighted by atomic mass is 79.9. The summed E-state index contributed by atoms with van der Waals surface area (Å²) in [5.41, 5.74) is 1.76. The molecule has 7 heteroatoms. The third-order valence-electron chi connectivity index (χ3n) is 2.65. The Morgan fingerprint density at radius 2 is 1.95 bits per heavy atom. The van der Waals surface area contributed by atoms with Crippen molar-refractivity contribution in [3.63, 3.8) is 0 Å². The van der Waals surface area contributed by atoms with Gasteiger partial charge in [0.2, 0.25) is 0 Å². The molecular formula is C13H9Br2ClN2O2. The first kappa shape index (κ1) is 15.3. The van der Waals surface area contributed by atoms with E-state index in [1.54, 1.807) is 6.07 Å². The lowest BCUT2D eigenvalue weighted by molar-refractivity contribution is -0.384. The van der Waals surface area contributed by atoms with Gasteiger partial charge in [-0.1, -0.05) is 33.6 Å². The van der Waals surface area contributed by atoms with Crippen molar-refractivity contribution >= 4 is 54.8 Å². The quantitative estimate of drug-likeness (QED) is 0.533. The lowest BCUT2D eigenvalue weighted by atomic mass is 10.2. The van der Waals surface area contributed by atoms with E-state index in [0.29, 0.717) is 16.0 Å². The van der Waals surface area contributed by atoms with Crippen LogP contribution >= 0.6 is 43.5 Å². The van der Waals surface area contributed by atoms with Crippen molar-refractivity contribution in [1.82, 2.24) is 0 Å². The first-order valence-corrected chi connectivity index (χ1v) is 7.55. The fraction of sp³-hybridized carbons (Fsp3) is 0.0769. The SMILES string of the molecule is O=[N+]([O-])c1ccc(NCc2ccc(Br)cc2Cl)c(Br)c1. The molecule has 0 aliphatic heterocycles. The van der Waals surface area contributed by atoms with E-state index >= 15 is 0 Å². The molecule has 0 saturated carbocycles. The first-order valence-electron chi connectivity index (χ1n) is 5.59. The lowest BCUT2D eigenvalue weighted by Gasteiger charge is -2.10. The molecule has 0 atom stereocenters. The molecule has 0 fully saturated rings. The number of benzene rings is 2. The normalized spacial score (nSPS) is 10.3. The molecule has 0 unspecified atom stereocenters. The average molecular weight is 420 g/mol. The highest BCUT2D eigenvalue weighted by molar-refractivity contribution is 9.10. The molecule has 2 rings (SSSR count). The van der Waals surface area contributed by atoms with E-state index < -0.39 is 4.92 Å². The summed E-state index contributed by atoms with van der Waals surface area (Å²) in [5, 5.41) is 14.5. The highest BCUT2D eigenvalue weighted by Gasteiger charge is 2.09. The molecule has 1 N–H and O–H groups in total. The average Bonchev–Trinajstić information content (AvgIpc) is 2.38. The molecule has 0 radical (unpaired) electrons. The van der Waals surface area contributed by atoms with Crippen LogP contribution in [0.1, 0.15) is 5.56 Å². The summed E-state index contributed by atoms with van der Waals surface area (Å²) in [4.78, 5) is 10.2. The molecule has 2 aromatic rings. The van der Waals surface area contributed by atoms with Crippen LogP contribution in [0.15, 0.2) is 45.3 Å². The number of hydrogen-bond acceptors (Lipinski definition) is 3. The largest absolute Gasteiger partial charge is 0.380 e. The zero-order valence-electron chi connectivity index (χ0n) is 10.1. The molecule has 0 amide bonds. The van der Waals surface area contributed by atoms with Crippen LogP contribution in [0.5, 0.6) is 0 Å². The second kappa shape index (κ2) is 6.56. The molecule has 20 heavy (non-hydrogen) atoms. The molecule has 104 valence electrons. The molecular weight excluding hydrogens is 411 g/mol. The standard InChI is InChI=1S/C13H9Br2ClN2O2/c14-9-2-1-8(12(16)5-9)7-17-13-4-3-10(18(19)20)6-11(13)15/h1-6,17H,7H2. The molecule has 0 aromatic heterocycles. The van der Waals surface area contributed by atoms with Gasteiger partial charge in [-0.15, -0.1) is 0 Å². The molecule has 0 aliphatic carbocycles. The predicted octanol–water partition coefficient (Wildman–Crippen LogP) is 5.39. The van der Waals surface area contributed by atoms with Gasteiger partial charge in [-0.25, -0.2) is 0 Å². The van der Waals surface area contributed by atoms with Crippen LogP contribution in [0, 0.1) is 10.1 Å². The third-order valence-corrected chi connectivity index (χ3v) is 4.15. The van der Waals surface area contributed by atoms with Gasteiger partial charge in [-0.2, -0.15) is 0 Å². The Labute approximate surface area is 137 Å².